The van der Waals surface area contributed by atoms with Gasteiger partial charge in [-0.05, 0) is 19.1 Å². The van der Waals surface area contributed by atoms with Gasteiger partial charge < -0.3 is 5.73 Å². The zero-order valence-electron chi connectivity index (χ0n) is 9.41. The van der Waals surface area contributed by atoms with Crippen LogP contribution in [0.4, 0.5) is 10.1 Å². The Morgan fingerprint density at radius 3 is 2.72 bits per heavy atom. The summed E-state index contributed by atoms with van der Waals surface area (Å²) in [6, 6.07) is 4.44. The Morgan fingerprint density at radius 2 is 2.22 bits per heavy atom. The predicted octanol–water partition coefficient (Wildman–Crippen LogP) is 2.21. The van der Waals surface area contributed by atoms with Crippen molar-refractivity contribution in [2.75, 3.05) is 0 Å². The van der Waals surface area contributed by atoms with Crippen molar-refractivity contribution in [2.24, 2.45) is 10.7 Å². The van der Waals surface area contributed by atoms with Crippen molar-refractivity contribution in [1.29, 1.82) is 0 Å². The Kier molecular flexibility index (Phi) is 5.08. The molecule has 0 saturated carbocycles. The summed E-state index contributed by atoms with van der Waals surface area (Å²) >= 11 is 3.82. The van der Waals surface area contributed by atoms with E-state index in [0.29, 0.717) is 17.2 Å². The summed E-state index contributed by atoms with van der Waals surface area (Å²) < 4.78 is 15.1. The van der Waals surface area contributed by atoms with E-state index >= 15 is 0 Å². The van der Waals surface area contributed by atoms with Gasteiger partial charge in [-0.3, -0.25) is 0 Å². The number of hydrogen-bond acceptors (Lipinski definition) is 3. The molecule has 0 unspecified atom stereocenters. The minimum absolute atomic E-state index is 0. The summed E-state index contributed by atoms with van der Waals surface area (Å²) in [5.74, 6) is 0.122. The molecule has 2 rings (SSSR count). The van der Waals surface area contributed by atoms with Crippen LogP contribution in [-0.4, -0.2) is 19.9 Å². The van der Waals surface area contributed by atoms with Gasteiger partial charge in [-0.25, -0.2) is 19.0 Å². The van der Waals surface area contributed by atoms with Gasteiger partial charge in [-0.2, -0.15) is 5.10 Å². The average Bonchev–Trinajstić information content (AvgIpc) is 2.64. The van der Waals surface area contributed by atoms with E-state index in [-0.39, 0.29) is 29.1 Å². The van der Waals surface area contributed by atoms with E-state index < -0.39 is 5.82 Å². The smallest absolute Gasteiger partial charge is 0.156 e. The molecule has 0 aliphatic rings. The lowest BCUT2D eigenvalue weighted by Crippen LogP contribution is -2.01. The highest BCUT2D eigenvalue weighted by Crippen LogP contribution is 2.19. The second-order valence-corrected chi connectivity index (χ2v) is 3.80. The highest BCUT2D eigenvalue weighted by molar-refractivity contribution is 14.0. The van der Waals surface area contributed by atoms with Gasteiger partial charge in [0.2, 0.25) is 0 Å². The summed E-state index contributed by atoms with van der Waals surface area (Å²) in [4.78, 5) is 7.76. The minimum atomic E-state index is -0.453. The molecule has 0 spiro atoms. The lowest BCUT2D eigenvalue weighted by Gasteiger charge is -2.03. The molecular formula is C10H11FIN5S. The molecule has 0 saturated heterocycles. The Bertz CT molecular complexity index is 579. The number of halogens is 2. The highest BCUT2D eigenvalue weighted by Gasteiger charge is 2.07. The van der Waals surface area contributed by atoms with Crippen molar-refractivity contribution >= 4 is 47.5 Å². The van der Waals surface area contributed by atoms with E-state index in [9.17, 15) is 4.39 Å². The van der Waals surface area contributed by atoms with Crippen LogP contribution in [0.25, 0.3) is 5.69 Å². The normalized spacial score (nSPS) is 11.2. The largest absolute Gasteiger partial charge is 0.378 e. The zero-order valence-corrected chi connectivity index (χ0v) is 12.6. The van der Waals surface area contributed by atoms with Crippen LogP contribution in [0.5, 0.6) is 0 Å². The third kappa shape index (κ3) is 3.42. The molecule has 1 heterocycles. The monoisotopic (exact) mass is 379 g/mol. The first kappa shape index (κ1) is 14.9. The van der Waals surface area contributed by atoms with Gasteiger partial charge in [0.05, 0.1) is 5.69 Å². The molecule has 1 aromatic carbocycles. The molecule has 0 atom stereocenters. The van der Waals surface area contributed by atoms with Crippen molar-refractivity contribution in [3.05, 3.63) is 36.2 Å². The van der Waals surface area contributed by atoms with Gasteiger partial charge in [0.1, 0.15) is 17.8 Å². The molecule has 0 fully saturated rings. The zero-order chi connectivity index (χ0) is 12.4. The van der Waals surface area contributed by atoms with Crippen molar-refractivity contribution in [1.82, 2.24) is 14.8 Å². The molecule has 5 nitrogen and oxygen atoms in total. The van der Waals surface area contributed by atoms with Gasteiger partial charge in [0, 0.05) is 6.07 Å². The summed E-state index contributed by atoms with van der Waals surface area (Å²) in [5.41, 5.74) is 6.00. The summed E-state index contributed by atoms with van der Waals surface area (Å²) in [5, 5.41) is 4.10. The Morgan fingerprint density at radius 1 is 1.50 bits per heavy atom. The first-order valence-electron chi connectivity index (χ1n) is 4.77. The van der Waals surface area contributed by atoms with Gasteiger partial charge >= 0.3 is 0 Å². The van der Waals surface area contributed by atoms with Crippen LogP contribution in [-0.2, 0) is 0 Å². The summed E-state index contributed by atoms with van der Waals surface area (Å²) in [6.07, 6.45) is 1.45. The fraction of sp³-hybridized carbons (Fsp3) is 0.100. The molecule has 0 radical (unpaired) electrons. The average molecular weight is 379 g/mol. The van der Waals surface area contributed by atoms with Crippen molar-refractivity contribution in [2.45, 2.75) is 6.92 Å². The number of hydrogen-bond donors (Lipinski definition) is 2. The molecule has 2 aromatic rings. The molecular weight excluding hydrogens is 368 g/mol. The third-order valence-corrected chi connectivity index (χ3v) is 2.13. The van der Waals surface area contributed by atoms with Crippen LogP contribution in [0.15, 0.2) is 29.5 Å². The number of benzene rings is 1. The molecule has 2 N–H and O–H groups in total. The molecule has 96 valence electrons. The van der Waals surface area contributed by atoms with Gasteiger partial charge in [-0.15, -0.1) is 36.6 Å². The van der Waals surface area contributed by atoms with Crippen LogP contribution in [0, 0.1) is 12.7 Å². The van der Waals surface area contributed by atoms with Crippen molar-refractivity contribution in [3.63, 3.8) is 0 Å². The highest BCUT2D eigenvalue weighted by atomic mass is 127. The van der Waals surface area contributed by atoms with E-state index in [4.69, 9.17) is 5.73 Å². The van der Waals surface area contributed by atoms with E-state index in [1.807, 2.05) is 0 Å². The first-order valence-corrected chi connectivity index (χ1v) is 5.22. The quantitative estimate of drug-likeness (QED) is 0.364. The topological polar surface area (TPSA) is 69.1 Å². The first-order chi connectivity index (χ1) is 8.06. The van der Waals surface area contributed by atoms with Crippen molar-refractivity contribution in [3.8, 4) is 5.69 Å². The Labute approximate surface area is 126 Å². The van der Waals surface area contributed by atoms with Crippen LogP contribution in [0.1, 0.15) is 5.82 Å². The molecule has 0 aliphatic carbocycles. The van der Waals surface area contributed by atoms with E-state index in [0.717, 1.165) is 0 Å². The molecule has 1 aromatic heterocycles. The minimum Gasteiger partial charge on any atom is -0.378 e. The standard InChI is InChI=1S/C10H10FN5S.HI/c1-6-13-5-16(15-6)9-3-2-7(4-8(9)11)14-10(12)17;/h2-5H,1H3,(H3,12,14,17);1H. The molecule has 0 bridgehead atoms. The number of rotatable bonds is 2. The van der Waals surface area contributed by atoms with Crippen LogP contribution >= 0.6 is 36.6 Å². The van der Waals surface area contributed by atoms with Crippen LogP contribution < -0.4 is 5.73 Å². The molecule has 0 amide bonds. The third-order valence-electron chi connectivity index (χ3n) is 2.03. The number of aliphatic imine (C=N–C) groups is 1. The number of aromatic nitrogens is 3. The second kappa shape index (κ2) is 6.14. The maximum Gasteiger partial charge on any atom is 0.156 e. The van der Waals surface area contributed by atoms with Crippen LogP contribution in [0.3, 0.4) is 0 Å². The molecule has 0 aliphatic heterocycles. The van der Waals surface area contributed by atoms with E-state index in [1.54, 1.807) is 19.1 Å². The lowest BCUT2D eigenvalue weighted by molar-refractivity contribution is 0.610. The lowest BCUT2D eigenvalue weighted by atomic mass is 10.2. The second-order valence-electron chi connectivity index (χ2n) is 3.34. The fourth-order valence-electron chi connectivity index (χ4n) is 1.35. The number of aryl methyl sites for hydroxylation is 1. The SMILES string of the molecule is Cc1ncn(-c2ccc(N=C(N)S)cc2F)n1.I. The van der Waals surface area contributed by atoms with Gasteiger partial charge in [0.15, 0.2) is 11.0 Å². The van der Waals surface area contributed by atoms with E-state index in [2.05, 4.69) is 27.7 Å². The number of nitrogens with two attached hydrogens (primary N) is 1. The fourth-order valence-corrected chi connectivity index (χ4v) is 1.46. The molecule has 8 heteroatoms. The number of nitrogens with zero attached hydrogens (tertiary/aromatic N) is 4. The summed E-state index contributed by atoms with van der Waals surface area (Å²) in [6.45, 7) is 1.73. The summed E-state index contributed by atoms with van der Waals surface area (Å²) in [7, 11) is 0. The maximum atomic E-state index is 13.8. The van der Waals surface area contributed by atoms with Crippen molar-refractivity contribution < 1.29 is 4.39 Å². The molecule has 18 heavy (non-hydrogen) atoms. The number of thiol groups is 1. The number of amidine groups is 1. The van der Waals surface area contributed by atoms with Gasteiger partial charge in [-0.1, -0.05) is 0 Å². The van der Waals surface area contributed by atoms with Crippen LogP contribution in [0.2, 0.25) is 0 Å². The maximum absolute atomic E-state index is 13.8. The van der Waals surface area contributed by atoms with Gasteiger partial charge in [0.25, 0.3) is 0 Å². The Balaban J connectivity index is 0.00000162. The predicted molar refractivity (Wildman–Crippen MR) is 81.7 cm³/mol. The van der Waals surface area contributed by atoms with E-state index in [1.165, 1.54) is 17.1 Å². The Hall–Kier alpha value is -1.16.